The summed E-state index contributed by atoms with van der Waals surface area (Å²) in [5.41, 5.74) is 3.87. The first kappa shape index (κ1) is 26.4. The van der Waals surface area contributed by atoms with E-state index in [-0.39, 0.29) is 35.8 Å². The van der Waals surface area contributed by atoms with Crippen molar-refractivity contribution in [3.63, 3.8) is 0 Å². The summed E-state index contributed by atoms with van der Waals surface area (Å²) in [5.74, 6) is -0.897. The number of amides is 2. The Bertz CT molecular complexity index is 1390. The molecule has 7 heteroatoms. The molecule has 0 unspecified atom stereocenters. The Balaban J connectivity index is 1.56. The van der Waals surface area contributed by atoms with Crippen LogP contribution in [0.5, 0.6) is 0 Å². The molecular weight excluding hydrogens is 490 g/mol. The number of rotatable bonds is 7. The van der Waals surface area contributed by atoms with Crippen LogP contribution in [0.2, 0.25) is 0 Å². The maximum atomic E-state index is 14.3. The zero-order valence-corrected chi connectivity index (χ0v) is 22.3. The van der Waals surface area contributed by atoms with Crippen LogP contribution >= 0.6 is 0 Å². The van der Waals surface area contributed by atoms with Gasteiger partial charge >= 0.3 is 0 Å². The molecular formula is C32H33N3O4. The summed E-state index contributed by atoms with van der Waals surface area (Å²) in [6.07, 6.45) is 3.87. The second-order valence-corrected chi connectivity index (χ2v) is 10.5. The summed E-state index contributed by atoms with van der Waals surface area (Å²) in [5, 5.41) is 6.46. The molecule has 3 aromatic carbocycles. The molecule has 3 aromatic rings. The highest BCUT2D eigenvalue weighted by Crippen LogP contribution is 2.37. The van der Waals surface area contributed by atoms with Crippen LogP contribution in [0.3, 0.4) is 0 Å². The van der Waals surface area contributed by atoms with E-state index in [1.807, 2.05) is 43.3 Å². The van der Waals surface area contributed by atoms with Gasteiger partial charge in [0.15, 0.2) is 11.6 Å². The molecule has 1 saturated carbocycles. The number of nitrogens with zero attached hydrogens (tertiary/aromatic N) is 1. The van der Waals surface area contributed by atoms with Crippen LogP contribution in [0.4, 0.5) is 11.4 Å². The van der Waals surface area contributed by atoms with Gasteiger partial charge in [-0.2, -0.15) is 0 Å². The average Bonchev–Trinajstić information content (AvgIpc) is 3.40. The maximum absolute atomic E-state index is 14.3. The van der Waals surface area contributed by atoms with Gasteiger partial charge in [-0.25, -0.2) is 0 Å². The lowest BCUT2D eigenvalue weighted by Gasteiger charge is -2.32. The number of carbonyl (C=O) groups excluding carboxylic acids is 4. The van der Waals surface area contributed by atoms with E-state index in [9.17, 15) is 19.2 Å². The van der Waals surface area contributed by atoms with Gasteiger partial charge < -0.3 is 10.6 Å². The Hall–Kier alpha value is -4.26. The molecule has 1 aliphatic carbocycles. The molecule has 0 aromatic heterocycles. The van der Waals surface area contributed by atoms with Gasteiger partial charge in [0.1, 0.15) is 12.1 Å². The Morgan fingerprint density at radius 3 is 2.21 bits per heavy atom. The van der Waals surface area contributed by atoms with Crippen LogP contribution in [0.1, 0.15) is 76.9 Å². The van der Waals surface area contributed by atoms with Gasteiger partial charge in [0.2, 0.25) is 5.91 Å². The predicted molar refractivity (Wildman–Crippen MR) is 151 cm³/mol. The molecule has 7 nitrogen and oxygen atoms in total. The molecule has 0 bridgehead atoms. The van der Waals surface area contributed by atoms with E-state index in [1.54, 1.807) is 36.4 Å². The zero-order valence-electron chi connectivity index (χ0n) is 22.3. The number of hydrogen-bond donors (Lipinski definition) is 2. The fourth-order valence-corrected chi connectivity index (χ4v) is 5.47. The van der Waals surface area contributed by atoms with E-state index in [0.717, 1.165) is 31.2 Å². The molecule has 0 radical (unpaired) electrons. The van der Waals surface area contributed by atoms with Gasteiger partial charge in [0.05, 0.1) is 0 Å². The zero-order chi connectivity index (χ0) is 27.5. The van der Waals surface area contributed by atoms with Crippen molar-refractivity contribution >= 4 is 34.8 Å². The molecule has 1 fully saturated rings. The summed E-state index contributed by atoms with van der Waals surface area (Å²) in [7, 11) is 0. The Morgan fingerprint density at radius 1 is 0.897 bits per heavy atom. The largest absolute Gasteiger partial charge is 0.373 e. The molecule has 0 spiro atoms. The van der Waals surface area contributed by atoms with Crippen molar-refractivity contribution in [2.24, 2.45) is 0 Å². The van der Waals surface area contributed by atoms with Gasteiger partial charge in [-0.15, -0.1) is 0 Å². The first-order chi connectivity index (χ1) is 18.8. The number of ketones is 2. The normalized spacial score (nSPS) is 19.1. The lowest BCUT2D eigenvalue weighted by Crippen LogP contribution is -2.49. The Morgan fingerprint density at radius 2 is 1.54 bits per heavy atom. The van der Waals surface area contributed by atoms with Crippen molar-refractivity contribution in [1.82, 2.24) is 5.32 Å². The number of hydrogen-bond acceptors (Lipinski definition) is 5. The van der Waals surface area contributed by atoms with Crippen molar-refractivity contribution in [2.45, 2.75) is 64.1 Å². The summed E-state index contributed by atoms with van der Waals surface area (Å²) >= 11 is 0. The van der Waals surface area contributed by atoms with Crippen LogP contribution in [-0.2, 0) is 9.59 Å². The third-order valence-electron chi connectivity index (χ3n) is 7.64. The number of fused-ring (bicyclic) bond motifs is 1. The minimum absolute atomic E-state index is 0.0665. The van der Waals surface area contributed by atoms with Gasteiger partial charge in [-0.1, -0.05) is 60.9 Å². The number of nitrogens with one attached hydrogen (secondary N) is 2. The quantitative estimate of drug-likeness (QED) is 0.405. The minimum atomic E-state index is -0.940. The Labute approximate surface area is 228 Å². The van der Waals surface area contributed by atoms with Gasteiger partial charge in [0.25, 0.3) is 5.91 Å². The smallest absolute Gasteiger partial charge is 0.250 e. The molecule has 5 rings (SSSR count). The van der Waals surface area contributed by atoms with Gasteiger partial charge in [0, 0.05) is 40.5 Å². The summed E-state index contributed by atoms with van der Waals surface area (Å²) in [4.78, 5) is 54.9. The van der Waals surface area contributed by atoms with Crippen LogP contribution in [0.15, 0.2) is 72.8 Å². The fraction of sp³-hybridized carbons (Fsp3) is 0.312. The lowest BCUT2D eigenvalue weighted by molar-refractivity contribution is -0.127. The fourth-order valence-electron chi connectivity index (χ4n) is 5.47. The average molecular weight is 524 g/mol. The third-order valence-corrected chi connectivity index (χ3v) is 7.64. The third kappa shape index (κ3) is 5.62. The molecule has 200 valence electrons. The number of aryl methyl sites for hydroxylation is 1. The second-order valence-electron chi connectivity index (χ2n) is 10.5. The standard InChI is InChI=1S/C32H33N3O4/c1-20-11-13-23(14-12-20)29(37)19-28-32(39)35(25-17-15-22(16-18-25)21(2)36)30(26-9-5-6-10-27(26)34-28)31(38)33-24-7-3-4-8-24/h5-6,9-18,24,28,30,34H,3-4,7-8,19H2,1-2H3,(H,33,38)/t28-,30+/m1/s1. The topological polar surface area (TPSA) is 95.6 Å². The lowest BCUT2D eigenvalue weighted by atomic mass is 10.00. The summed E-state index contributed by atoms with van der Waals surface area (Å²) < 4.78 is 0. The Kier molecular flexibility index (Phi) is 7.59. The van der Waals surface area contributed by atoms with E-state index in [4.69, 9.17) is 0 Å². The number of para-hydroxylation sites is 1. The van der Waals surface area contributed by atoms with Gasteiger partial charge in [-0.05, 0) is 57.0 Å². The molecule has 0 saturated heterocycles. The molecule has 39 heavy (non-hydrogen) atoms. The minimum Gasteiger partial charge on any atom is -0.373 e. The second kappa shape index (κ2) is 11.2. The highest BCUT2D eigenvalue weighted by molar-refractivity contribution is 6.10. The van der Waals surface area contributed by atoms with Crippen molar-refractivity contribution in [2.75, 3.05) is 10.2 Å². The predicted octanol–water partition coefficient (Wildman–Crippen LogP) is 5.40. The highest BCUT2D eigenvalue weighted by Gasteiger charge is 2.41. The van der Waals surface area contributed by atoms with Gasteiger partial charge in [-0.3, -0.25) is 24.1 Å². The highest BCUT2D eigenvalue weighted by atomic mass is 16.2. The van der Waals surface area contributed by atoms with E-state index < -0.39 is 12.1 Å². The molecule has 1 heterocycles. The van der Waals surface area contributed by atoms with Crippen molar-refractivity contribution < 1.29 is 19.2 Å². The van der Waals surface area contributed by atoms with Crippen LogP contribution in [0.25, 0.3) is 0 Å². The van der Waals surface area contributed by atoms with E-state index in [2.05, 4.69) is 10.6 Å². The van der Waals surface area contributed by atoms with E-state index in [1.165, 1.54) is 11.8 Å². The van der Waals surface area contributed by atoms with Crippen LogP contribution in [-0.4, -0.2) is 35.5 Å². The van der Waals surface area contributed by atoms with E-state index >= 15 is 0 Å². The molecule has 2 aliphatic rings. The summed E-state index contributed by atoms with van der Waals surface area (Å²) in [6.45, 7) is 3.43. The number of carbonyl (C=O) groups is 4. The number of Topliss-reactive ketones (excluding diaryl/α,β-unsaturated/α-hetero) is 2. The first-order valence-electron chi connectivity index (χ1n) is 13.5. The molecule has 2 atom stereocenters. The monoisotopic (exact) mass is 523 g/mol. The van der Waals surface area contributed by atoms with Crippen LogP contribution in [0, 0.1) is 6.92 Å². The van der Waals surface area contributed by atoms with Crippen molar-refractivity contribution in [3.05, 3.63) is 95.1 Å². The number of benzene rings is 3. The number of anilines is 2. The van der Waals surface area contributed by atoms with Crippen molar-refractivity contribution in [3.8, 4) is 0 Å². The molecule has 2 N–H and O–H groups in total. The molecule has 1 aliphatic heterocycles. The maximum Gasteiger partial charge on any atom is 0.250 e. The van der Waals surface area contributed by atoms with Crippen molar-refractivity contribution in [1.29, 1.82) is 0 Å². The first-order valence-corrected chi connectivity index (χ1v) is 13.5. The summed E-state index contributed by atoms with van der Waals surface area (Å²) in [6, 6.07) is 19.6. The van der Waals surface area contributed by atoms with Crippen LogP contribution < -0.4 is 15.5 Å². The SMILES string of the molecule is CC(=O)c1ccc(N2C(=O)[C@@H](CC(=O)c3ccc(C)cc3)Nc3ccccc3[C@H]2C(=O)NC2CCCC2)cc1. The van der Waals surface area contributed by atoms with E-state index in [0.29, 0.717) is 28.1 Å². The molecule has 2 amide bonds.